The van der Waals surface area contributed by atoms with Crippen molar-refractivity contribution in [1.29, 1.82) is 0 Å². The molecule has 1 amide bonds. The van der Waals surface area contributed by atoms with Crippen LogP contribution >= 0.6 is 0 Å². The molecule has 1 heterocycles. The summed E-state index contributed by atoms with van der Waals surface area (Å²) in [7, 11) is 0. The van der Waals surface area contributed by atoms with Crippen molar-refractivity contribution in [2.45, 2.75) is 6.18 Å². The number of nitrogens with one attached hydrogen (secondary N) is 1. The van der Waals surface area contributed by atoms with E-state index in [4.69, 9.17) is 14.2 Å². The van der Waals surface area contributed by atoms with Crippen molar-refractivity contribution in [2.75, 3.05) is 49.7 Å². The summed E-state index contributed by atoms with van der Waals surface area (Å²) in [6, 6.07) is 9.06. The maximum atomic E-state index is 13.2. The summed E-state index contributed by atoms with van der Waals surface area (Å²) >= 11 is 0. The van der Waals surface area contributed by atoms with Crippen molar-refractivity contribution in [3.63, 3.8) is 0 Å². The third-order valence-corrected chi connectivity index (χ3v) is 4.69. The molecule has 1 fully saturated rings. The Kier molecular flexibility index (Phi) is 7.88. The maximum absolute atomic E-state index is 13.2. The predicted molar refractivity (Wildman–Crippen MR) is 111 cm³/mol. The molecule has 8 nitrogen and oxygen atoms in total. The molecule has 2 aromatic rings. The highest BCUT2D eigenvalue weighted by molar-refractivity contribution is 5.96. The van der Waals surface area contributed by atoms with Crippen molar-refractivity contribution in [3.8, 4) is 5.75 Å². The van der Waals surface area contributed by atoms with Crippen molar-refractivity contribution >= 4 is 29.5 Å². The Hall–Kier alpha value is -3.60. The molecule has 2 aromatic carbocycles. The van der Waals surface area contributed by atoms with Crippen LogP contribution < -0.4 is 15.0 Å². The van der Waals surface area contributed by atoms with Gasteiger partial charge in [-0.3, -0.25) is 9.59 Å². The number of esters is 1. The number of aldehydes is 1. The topological polar surface area (TPSA) is 94.2 Å². The molecule has 11 heteroatoms. The fourth-order valence-corrected chi connectivity index (χ4v) is 3.05. The highest BCUT2D eigenvalue weighted by Gasteiger charge is 2.32. The quantitative estimate of drug-likeness (QED) is 0.472. The van der Waals surface area contributed by atoms with E-state index in [0.717, 1.165) is 12.1 Å². The van der Waals surface area contributed by atoms with Crippen LogP contribution in [0.25, 0.3) is 0 Å². The van der Waals surface area contributed by atoms with Crippen LogP contribution in [0.15, 0.2) is 42.5 Å². The van der Waals surface area contributed by atoms with Crippen molar-refractivity contribution in [3.05, 3.63) is 53.6 Å². The van der Waals surface area contributed by atoms with Crippen LogP contribution in [0, 0.1) is 0 Å². The molecule has 0 aromatic heterocycles. The average Bonchev–Trinajstić information content (AvgIpc) is 2.81. The predicted octanol–water partition coefficient (Wildman–Crippen LogP) is 2.92. The third-order valence-electron chi connectivity index (χ3n) is 4.69. The summed E-state index contributed by atoms with van der Waals surface area (Å²) in [5.74, 6) is -1.32. The summed E-state index contributed by atoms with van der Waals surface area (Å²) < 4.78 is 54.8. The zero-order chi connectivity index (χ0) is 23.8. The molecule has 0 bridgehead atoms. The zero-order valence-corrected chi connectivity index (χ0v) is 17.4. The molecule has 0 saturated carbocycles. The van der Waals surface area contributed by atoms with Gasteiger partial charge in [-0.25, -0.2) is 4.79 Å². The standard InChI is InChI=1S/C22H21F3N2O6/c23-22(24,25)16-3-6-19(27-7-9-31-10-8-27)18(11-16)26-20(29)13-33-21(30)14-32-17-4-1-15(12-28)2-5-17/h1-6,11-12H,7-10,13-14H2,(H,26,29). The Labute approximate surface area is 187 Å². The summed E-state index contributed by atoms with van der Waals surface area (Å²) in [6.45, 7) is 0.526. The molecule has 1 saturated heterocycles. The third kappa shape index (κ3) is 6.94. The number of alkyl halides is 3. The summed E-state index contributed by atoms with van der Waals surface area (Å²) in [5.41, 5.74) is -0.110. The number of carbonyl (C=O) groups excluding carboxylic acids is 3. The lowest BCUT2D eigenvalue weighted by atomic mass is 10.1. The van der Waals surface area contributed by atoms with Gasteiger partial charge in [-0.05, 0) is 42.5 Å². The SMILES string of the molecule is O=Cc1ccc(OCC(=O)OCC(=O)Nc2cc(C(F)(F)F)ccc2N2CCOCC2)cc1. The first-order chi connectivity index (χ1) is 15.8. The lowest BCUT2D eigenvalue weighted by molar-refractivity contribution is -0.149. The number of ether oxygens (including phenoxy) is 3. The molecule has 1 aliphatic rings. The van der Waals surface area contributed by atoms with Gasteiger partial charge in [0, 0.05) is 18.7 Å². The first kappa shape index (κ1) is 24.1. The van der Waals surface area contributed by atoms with Crippen LogP contribution in [0.1, 0.15) is 15.9 Å². The van der Waals surface area contributed by atoms with Gasteiger partial charge in [0.25, 0.3) is 5.91 Å². The van der Waals surface area contributed by atoms with Crippen LogP contribution in [0.3, 0.4) is 0 Å². The second kappa shape index (κ2) is 10.8. The zero-order valence-electron chi connectivity index (χ0n) is 17.4. The molecule has 1 N–H and O–H groups in total. The minimum atomic E-state index is -4.59. The lowest BCUT2D eigenvalue weighted by Gasteiger charge is -2.31. The van der Waals surface area contributed by atoms with Gasteiger partial charge in [0.15, 0.2) is 13.2 Å². The van der Waals surface area contributed by atoms with Gasteiger partial charge in [-0.15, -0.1) is 0 Å². The maximum Gasteiger partial charge on any atom is 0.416 e. The van der Waals surface area contributed by atoms with Crippen molar-refractivity contribution < 1.29 is 41.8 Å². The van der Waals surface area contributed by atoms with E-state index in [1.807, 2.05) is 0 Å². The van der Waals surface area contributed by atoms with Gasteiger partial charge in [0.05, 0.1) is 30.2 Å². The Balaban J connectivity index is 1.58. The van der Waals surface area contributed by atoms with Gasteiger partial charge in [-0.2, -0.15) is 13.2 Å². The largest absolute Gasteiger partial charge is 0.482 e. The number of nitrogens with zero attached hydrogens (tertiary/aromatic N) is 1. The van der Waals surface area contributed by atoms with Gasteiger partial charge >= 0.3 is 12.1 Å². The molecule has 0 radical (unpaired) electrons. The highest BCUT2D eigenvalue weighted by atomic mass is 19.4. The fraction of sp³-hybridized carbons (Fsp3) is 0.318. The Morgan fingerprint density at radius 3 is 2.39 bits per heavy atom. The first-order valence-corrected chi connectivity index (χ1v) is 9.94. The van der Waals surface area contributed by atoms with Crippen molar-refractivity contribution in [1.82, 2.24) is 0 Å². The van der Waals surface area contributed by atoms with Crippen LogP contribution in [0.2, 0.25) is 0 Å². The monoisotopic (exact) mass is 466 g/mol. The number of halogens is 3. The van der Waals surface area contributed by atoms with Gasteiger partial charge in [0.1, 0.15) is 12.0 Å². The minimum Gasteiger partial charge on any atom is -0.482 e. The number of rotatable bonds is 8. The number of morpholine rings is 1. The Bertz CT molecular complexity index is 989. The first-order valence-electron chi connectivity index (χ1n) is 9.94. The van der Waals surface area contributed by atoms with Gasteiger partial charge < -0.3 is 24.4 Å². The number of carbonyl (C=O) groups is 3. The minimum absolute atomic E-state index is 0.0423. The molecule has 0 unspecified atom stereocenters. The molecule has 176 valence electrons. The van der Waals surface area contributed by atoms with Crippen LogP contribution in [0.4, 0.5) is 24.5 Å². The number of hydrogen-bond donors (Lipinski definition) is 1. The molecule has 33 heavy (non-hydrogen) atoms. The second-order valence-corrected chi connectivity index (χ2v) is 7.01. The average molecular weight is 466 g/mol. The molecule has 0 aliphatic carbocycles. The Morgan fingerprint density at radius 2 is 1.76 bits per heavy atom. The molecule has 3 rings (SSSR count). The summed E-state index contributed by atoms with van der Waals surface area (Å²) in [6.07, 6.45) is -3.93. The Morgan fingerprint density at radius 1 is 1.06 bits per heavy atom. The summed E-state index contributed by atoms with van der Waals surface area (Å²) in [5, 5.41) is 2.39. The lowest BCUT2D eigenvalue weighted by Crippen LogP contribution is -2.37. The second-order valence-electron chi connectivity index (χ2n) is 7.01. The fourth-order valence-electron chi connectivity index (χ4n) is 3.05. The number of benzene rings is 2. The molecular formula is C22H21F3N2O6. The van der Waals surface area contributed by atoms with E-state index < -0.39 is 36.8 Å². The van der Waals surface area contributed by atoms with Gasteiger partial charge in [-0.1, -0.05) is 0 Å². The van der Waals surface area contributed by atoms with E-state index in [9.17, 15) is 27.6 Å². The normalized spacial score (nSPS) is 13.8. The highest BCUT2D eigenvalue weighted by Crippen LogP contribution is 2.35. The molecule has 0 atom stereocenters. The molecular weight excluding hydrogens is 445 g/mol. The molecule has 1 aliphatic heterocycles. The van der Waals surface area contributed by atoms with E-state index in [2.05, 4.69) is 5.32 Å². The van der Waals surface area contributed by atoms with Crippen LogP contribution in [-0.4, -0.2) is 57.7 Å². The van der Waals surface area contributed by atoms with Crippen LogP contribution in [-0.2, 0) is 25.2 Å². The van der Waals surface area contributed by atoms with E-state index in [-0.39, 0.29) is 5.69 Å². The number of anilines is 2. The van der Waals surface area contributed by atoms with Crippen LogP contribution in [0.5, 0.6) is 5.75 Å². The summed E-state index contributed by atoms with van der Waals surface area (Å²) in [4.78, 5) is 36.5. The van der Waals surface area contributed by atoms with E-state index in [1.54, 1.807) is 4.90 Å². The van der Waals surface area contributed by atoms with E-state index in [1.165, 1.54) is 30.3 Å². The van der Waals surface area contributed by atoms with Crippen molar-refractivity contribution in [2.24, 2.45) is 0 Å². The van der Waals surface area contributed by atoms with E-state index >= 15 is 0 Å². The number of amides is 1. The molecule has 0 spiro atoms. The van der Waals surface area contributed by atoms with Gasteiger partial charge in [0.2, 0.25) is 0 Å². The van der Waals surface area contributed by atoms with E-state index in [0.29, 0.717) is 49.6 Å². The number of hydrogen-bond acceptors (Lipinski definition) is 7. The smallest absolute Gasteiger partial charge is 0.416 e.